The predicted octanol–water partition coefficient (Wildman–Crippen LogP) is 3.92. The standard InChI is InChI=1S/C20H15B/c21-20-18-9-5-4-8-16(18)12-17-11-10-15(13-19(17)20)14-6-2-1-3-7-14/h1-13H,21H2. The van der Waals surface area contributed by atoms with Crippen LogP contribution in [0.2, 0.25) is 0 Å². The number of hydrogen-bond donors (Lipinski definition) is 0. The number of fused-ring (bicyclic) bond motifs is 2. The number of benzene rings is 4. The van der Waals surface area contributed by atoms with Crippen LogP contribution in [-0.4, -0.2) is 7.85 Å². The molecule has 0 saturated heterocycles. The molecule has 0 radical (unpaired) electrons. The first-order valence-corrected chi connectivity index (χ1v) is 7.30. The lowest BCUT2D eigenvalue weighted by atomic mass is 9.84. The normalized spacial score (nSPS) is 11.0. The molecule has 1 heteroatoms. The second kappa shape index (κ2) is 4.78. The van der Waals surface area contributed by atoms with E-state index in [9.17, 15) is 0 Å². The summed E-state index contributed by atoms with van der Waals surface area (Å²) in [5.74, 6) is 0. The molecule has 0 nitrogen and oxygen atoms in total. The van der Waals surface area contributed by atoms with Gasteiger partial charge in [0.25, 0.3) is 0 Å². The molecule has 4 aromatic carbocycles. The molecule has 0 aliphatic rings. The molecule has 0 aromatic heterocycles. The van der Waals surface area contributed by atoms with E-state index < -0.39 is 0 Å². The largest absolute Gasteiger partial charge is 0.140 e. The minimum atomic E-state index is 1.27. The topological polar surface area (TPSA) is 0 Å². The maximum absolute atomic E-state index is 2.31. The van der Waals surface area contributed by atoms with Gasteiger partial charge in [-0.1, -0.05) is 72.2 Å². The van der Waals surface area contributed by atoms with Crippen LogP contribution in [0.1, 0.15) is 0 Å². The summed E-state index contributed by atoms with van der Waals surface area (Å²) in [6.45, 7) is 0. The van der Waals surface area contributed by atoms with Crippen molar-refractivity contribution < 1.29 is 0 Å². The van der Waals surface area contributed by atoms with Crippen molar-refractivity contribution in [3.05, 3.63) is 78.9 Å². The van der Waals surface area contributed by atoms with Gasteiger partial charge in [-0.15, -0.1) is 0 Å². The summed E-state index contributed by atoms with van der Waals surface area (Å²) in [5, 5.41) is 5.31. The van der Waals surface area contributed by atoms with E-state index in [4.69, 9.17) is 0 Å². The van der Waals surface area contributed by atoms with Gasteiger partial charge in [-0.25, -0.2) is 0 Å². The predicted molar refractivity (Wildman–Crippen MR) is 95.1 cm³/mol. The van der Waals surface area contributed by atoms with Crippen LogP contribution in [0.3, 0.4) is 0 Å². The molecule has 0 aliphatic carbocycles. The molecule has 0 N–H and O–H groups in total. The van der Waals surface area contributed by atoms with Crippen LogP contribution in [-0.2, 0) is 0 Å². The van der Waals surface area contributed by atoms with Crippen LogP contribution in [0.15, 0.2) is 78.9 Å². The van der Waals surface area contributed by atoms with Gasteiger partial charge in [0.05, 0.1) is 0 Å². The van der Waals surface area contributed by atoms with E-state index in [2.05, 4.69) is 86.7 Å². The van der Waals surface area contributed by atoms with Crippen molar-refractivity contribution in [1.82, 2.24) is 0 Å². The van der Waals surface area contributed by atoms with E-state index in [-0.39, 0.29) is 0 Å². The smallest absolute Gasteiger partial charge is 0.0736 e. The van der Waals surface area contributed by atoms with Gasteiger partial charge in [-0.3, -0.25) is 0 Å². The first-order valence-electron chi connectivity index (χ1n) is 7.30. The van der Waals surface area contributed by atoms with Crippen LogP contribution in [0.4, 0.5) is 0 Å². The fraction of sp³-hybridized carbons (Fsp3) is 0. The SMILES string of the molecule is Bc1c2ccccc2cc2ccc(-c3ccccc3)cc12. The summed E-state index contributed by atoms with van der Waals surface area (Å²) in [6.07, 6.45) is 0. The minimum Gasteiger partial charge on any atom is -0.0736 e. The molecule has 0 atom stereocenters. The third-order valence-corrected chi connectivity index (χ3v) is 4.24. The van der Waals surface area contributed by atoms with Crippen LogP contribution in [0, 0.1) is 0 Å². The summed E-state index contributed by atoms with van der Waals surface area (Å²) in [4.78, 5) is 0. The highest BCUT2D eigenvalue weighted by atomic mass is 14.1. The molecule has 0 unspecified atom stereocenters. The first-order chi connectivity index (χ1) is 10.3. The van der Waals surface area contributed by atoms with Gasteiger partial charge in [-0.05, 0) is 44.8 Å². The third kappa shape index (κ3) is 2.02. The molecule has 0 aliphatic heterocycles. The van der Waals surface area contributed by atoms with Crippen molar-refractivity contribution in [2.45, 2.75) is 0 Å². The first kappa shape index (κ1) is 12.2. The lowest BCUT2D eigenvalue weighted by molar-refractivity contribution is 1.65. The zero-order valence-corrected chi connectivity index (χ0v) is 12.0. The Morgan fingerprint density at radius 1 is 0.524 bits per heavy atom. The van der Waals surface area contributed by atoms with Crippen LogP contribution < -0.4 is 5.46 Å². The Morgan fingerprint density at radius 2 is 1.24 bits per heavy atom. The molecular weight excluding hydrogens is 251 g/mol. The molecular formula is C20H15B. The zero-order chi connectivity index (χ0) is 14.2. The van der Waals surface area contributed by atoms with Crippen molar-refractivity contribution in [3.63, 3.8) is 0 Å². The van der Waals surface area contributed by atoms with Gasteiger partial charge in [-0.2, -0.15) is 0 Å². The Bertz CT molecular complexity index is 940. The van der Waals surface area contributed by atoms with E-state index in [1.807, 2.05) is 0 Å². The molecule has 0 spiro atoms. The number of hydrogen-bond acceptors (Lipinski definition) is 0. The third-order valence-electron chi connectivity index (χ3n) is 4.24. The highest BCUT2D eigenvalue weighted by Crippen LogP contribution is 2.26. The van der Waals surface area contributed by atoms with Gasteiger partial charge in [0.15, 0.2) is 0 Å². The minimum absolute atomic E-state index is 1.27. The fourth-order valence-corrected chi connectivity index (χ4v) is 3.09. The summed E-state index contributed by atoms with van der Waals surface area (Å²) in [6, 6.07) is 28.2. The Balaban J connectivity index is 2.03. The van der Waals surface area contributed by atoms with Crippen molar-refractivity contribution in [2.24, 2.45) is 0 Å². The van der Waals surface area contributed by atoms with E-state index in [0.717, 1.165) is 0 Å². The zero-order valence-electron chi connectivity index (χ0n) is 12.0. The molecule has 98 valence electrons. The fourth-order valence-electron chi connectivity index (χ4n) is 3.09. The molecule has 0 saturated carbocycles. The molecule has 0 heterocycles. The quantitative estimate of drug-likeness (QED) is 0.362. The lowest BCUT2D eigenvalue weighted by Gasteiger charge is -2.10. The van der Waals surface area contributed by atoms with E-state index in [1.165, 1.54) is 38.1 Å². The molecule has 4 rings (SSSR count). The average Bonchev–Trinajstić information content (AvgIpc) is 2.56. The van der Waals surface area contributed by atoms with Crippen molar-refractivity contribution in [1.29, 1.82) is 0 Å². The lowest BCUT2D eigenvalue weighted by Crippen LogP contribution is -2.05. The van der Waals surface area contributed by atoms with Gasteiger partial charge >= 0.3 is 0 Å². The van der Waals surface area contributed by atoms with Crippen LogP contribution in [0.5, 0.6) is 0 Å². The Kier molecular flexibility index (Phi) is 2.78. The highest BCUT2D eigenvalue weighted by molar-refractivity contribution is 6.45. The molecule has 21 heavy (non-hydrogen) atoms. The summed E-state index contributed by atoms with van der Waals surface area (Å²) >= 11 is 0. The monoisotopic (exact) mass is 266 g/mol. The maximum atomic E-state index is 2.31. The van der Waals surface area contributed by atoms with Gasteiger partial charge in [0, 0.05) is 0 Å². The van der Waals surface area contributed by atoms with Crippen LogP contribution >= 0.6 is 0 Å². The average molecular weight is 266 g/mol. The van der Waals surface area contributed by atoms with Crippen LogP contribution in [0.25, 0.3) is 32.7 Å². The van der Waals surface area contributed by atoms with Gasteiger partial charge < -0.3 is 0 Å². The Hall–Kier alpha value is -2.54. The number of rotatable bonds is 1. The highest BCUT2D eigenvalue weighted by Gasteiger charge is 2.05. The molecule has 0 amide bonds. The van der Waals surface area contributed by atoms with Gasteiger partial charge in [0.2, 0.25) is 0 Å². The Labute approximate surface area is 125 Å². The van der Waals surface area contributed by atoms with Crippen molar-refractivity contribution in [3.8, 4) is 11.1 Å². The summed E-state index contributed by atoms with van der Waals surface area (Å²) in [5.41, 5.74) is 3.91. The maximum Gasteiger partial charge on any atom is 0.140 e. The molecule has 0 fully saturated rings. The summed E-state index contributed by atoms with van der Waals surface area (Å²) in [7, 11) is 2.22. The second-order valence-electron chi connectivity index (χ2n) is 5.52. The molecule has 4 aromatic rings. The summed E-state index contributed by atoms with van der Waals surface area (Å²) < 4.78 is 0. The Morgan fingerprint density at radius 3 is 2.10 bits per heavy atom. The van der Waals surface area contributed by atoms with E-state index in [0.29, 0.717) is 0 Å². The van der Waals surface area contributed by atoms with Crippen molar-refractivity contribution in [2.75, 3.05) is 0 Å². The molecule has 0 bridgehead atoms. The van der Waals surface area contributed by atoms with E-state index in [1.54, 1.807) is 0 Å². The van der Waals surface area contributed by atoms with Gasteiger partial charge in [0.1, 0.15) is 7.85 Å². The van der Waals surface area contributed by atoms with E-state index >= 15 is 0 Å². The second-order valence-corrected chi connectivity index (χ2v) is 5.52. The van der Waals surface area contributed by atoms with Crippen molar-refractivity contribution >= 4 is 34.9 Å².